The minimum atomic E-state index is -4.65. The second-order valence-electron chi connectivity index (χ2n) is 2.70. The molecule has 2 N–H and O–H groups in total. The van der Waals surface area contributed by atoms with Gasteiger partial charge in [-0.2, -0.15) is 13.2 Å². The summed E-state index contributed by atoms with van der Waals surface area (Å²) in [6.07, 6.45) is -4.65. The van der Waals surface area contributed by atoms with Crippen molar-refractivity contribution in [3.05, 3.63) is 17.8 Å². The topological polar surface area (TPSA) is 62.6 Å². The van der Waals surface area contributed by atoms with Gasteiger partial charge in [-0.3, -0.25) is 0 Å². The second kappa shape index (κ2) is 4.07. The van der Waals surface area contributed by atoms with Crippen LogP contribution in [0.3, 0.4) is 0 Å². The van der Waals surface area contributed by atoms with Crippen molar-refractivity contribution in [1.29, 1.82) is 0 Å². The number of ether oxygens (including phenoxy) is 1. The van der Waals surface area contributed by atoms with Crippen LogP contribution in [0, 0.1) is 0 Å². The van der Waals surface area contributed by atoms with Crippen molar-refractivity contribution in [3.8, 4) is 5.88 Å². The summed E-state index contributed by atoms with van der Waals surface area (Å²) in [5, 5.41) is 17.5. The zero-order chi connectivity index (χ0) is 11.6. The number of alkyl halides is 3. The molecule has 0 aromatic carbocycles. The first-order valence-corrected chi connectivity index (χ1v) is 3.84. The Kier molecular flexibility index (Phi) is 3.20. The maximum atomic E-state index is 12.3. The summed E-state index contributed by atoms with van der Waals surface area (Å²) >= 11 is 0. The Morgan fingerprint density at radius 1 is 1.33 bits per heavy atom. The first-order chi connectivity index (χ1) is 6.84. The fourth-order valence-electron chi connectivity index (χ4n) is 0.924. The van der Waals surface area contributed by atoms with Gasteiger partial charge in [-0.1, -0.05) is 0 Å². The van der Waals surface area contributed by atoms with E-state index in [0.29, 0.717) is 6.07 Å². The van der Waals surface area contributed by atoms with Crippen molar-refractivity contribution in [2.24, 2.45) is 0 Å². The van der Waals surface area contributed by atoms with Crippen molar-refractivity contribution >= 4 is 12.6 Å². The van der Waals surface area contributed by atoms with E-state index in [-0.39, 0.29) is 11.3 Å². The lowest BCUT2D eigenvalue weighted by molar-refractivity contribution is -0.141. The van der Waals surface area contributed by atoms with Gasteiger partial charge in [-0.15, -0.1) is 0 Å². The monoisotopic (exact) mass is 221 g/mol. The summed E-state index contributed by atoms with van der Waals surface area (Å²) in [5.74, 6) is -0.326. The largest absolute Gasteiger partial charge is 0.488 e. The molecule has 1 aromatic heterocycles. The van der Waals surface area contributed by atoms with E-state index < -0.39 is 19.0 Å². The number of hydrogen-bond acceptors (Lipinski definition) is 4. The lowest BCUT2D eigenvalue weighted by Crippen LogP contribution is -2.31. The maximum absolute atomic E-state index is 12.3. The highest BCUT2D eigenvalue weighted by molar-refractivity contribution is 6.58. The van der Waals surface area contributed by atoms with Crippen LogP contribution in [0.5, 0.6) is 5.88 Å². The van der Waals surface area contributed by atoms with Crippen molar-refractivity contribution in [3.63, 3.8) is 0 Å². The molecule has 15 heavy (non-hydrogen) atoms. The third kappa shape index (κ3) is 2.83. The third-order valence-electron chi connectivity index (χ3n) is 1.62. The van der Waals surface area contributed by atoms with E-state index in [4.69, 9.17) is 10.0 Å². The Balaban J connectivity index is 3.23. The molecule has 0 aliphatic carbocycles. The Morgan fingerprint density at radius 2 is 1.93 bits per heavy atom. The first kappa shape index (κ1) is 11.8. The zero-order valence-corrected chi connectivity index (χ0v) is 7.62. The molecule has 0 saturated carbocycles. The van der Waals surface area contributed by atoms with Gasteiger partial charge in [-0.05, 0) is 11.5 Å². The summed E-state index contributed by atoms with van der Waals surface area (Å²) in [6, 6.07) is 1.56. The molecule has 8 heteroatoms. The molecular formula is C7H7BF3NO3. The number of nitrogens with zero attached hydrogens (tertiary/aromatic N) is 1. The average molecular weight is 221 g/mol. The van der Waals surface area contributed by atoms with E-state index in [2.05, 4.69) is 9.72 Å². The molecule has 0 aliphatic rings. The van der Waals surface area contributed by atoms with Gasteiger partial charge in [0.1, 0.15) is 5.69 Å². The second-order valence-corrected chi connectivity index (χ2v) is 2.70. The van der Waals surface area contributed by atoms with Gasteiger partial charge in [0.15, 0.2) is 0 Å². The fourth-order valence-corrected chi connectivity index (χ4v) is 0.924. The lowest BCUT2D eigenvalue weighted by Gasteiger charge is -2.09. The minimum Gasteiger partial charge on any atom is -0.481 e. The minimum absolute atomic E-state index is 0.325. The molecule has 0 fully saturated rings. The third-order valence-corrected chi connectivity index (χ3v) is 1.62. The molecule has 1 heterocycles. The van der Waals surface area contributed by atoms with Gasteiger partial charge in [0, 0.05) is 6.07 Å². The Bertz CT molecular complexity index is 356. The smallest absolute Gasteiger partial charge is 0.481 e. The van der Waals surface area contributed by atoms with Crippen molar-refractivity contribution in [1.82, 2.24) is 4.98 Å². The molecule has 0 amide bonds. The summed E-state index contributed by atoms with van der Waals surface area (Å²) in [6.45, 7) is 0. The highest BCUT2D eigenvalue weighted by Gasteiger charge is 2.34. The van der Waals surface area contributed by atoms with Gasteiger partial charge in [0.2, 0.25) is 5.88 Å². The van der Waals surface area contributed by atoms with Crippen LogP contribution in [-0.2, 0) is 6.18 Å². The van der Waals surface area contributed by atoms with E-state index in [1.165, 1.54) is 0 Å². The van der Waals surface area contributed by atoms with Crippen LogP contribution in [0.2, 0.25) is 0 Å². The standard InChI is InChI=1S/C7H7BF3NO3/c1-15-6-3-4(8(13)14)2-5(12-6)7(9,10)11/h2-3,13-14H,1H3. The molecule has 82 valence electrons. The summed E-state index contributed by atoms with van der Waals surface area (Å²) in [4.78, 5) is 3.14. The number of pyridine rings is 1. The summed E-state index contributed by atoms with van der Waals surface area (Å²) < 4.78 is 41.3. The van der Waals surface area contributed by atoms with Gasteiger partial charge >= 0.3 is 13.3 Å². The van der Waals surface area contributed by atoms with E-state index >= 15 is 0 Å². The van der Waals surface area contributed by atoms with Crippen LogP contribution in [0.25, 0.3) is 0 Å². The molecule has 1 rings (SSSR count). The van der Waals surface area contributed by atoms with Gasteiger partial charge < -0.3 is 14.8 Å². The normalized spacial score (nSPS) is 11.3. The zero-order valence-electron chi connectivity index (χ0n) is 7.62. The molecule has 4 nitrogen and oxygen atoms in total. The van der Waals surface area contributed by atoms with E-state index in [1.807, 2.05) is 0 Å². The predicted molar refractivity (Wildman–Crippen MR) is 45.6 cm³/mol. The Morgan fingerprint density at radius 3 is 2.33 bits per heavy atom. The van der Waals surface area contributed by atoms with Crippen molar-refractivity contribution in [2.75, 3.05) is 7.11 Å². The number of rotatable bonds is 2. The van der Waals surface area contributed by atoms with Crippen molar-refractivity contribution in [2.45, 2.75) is 6.18 Å². The van der Waals surface area contributed by atoms with Crippen molar-refractivity contribution < 1.29 is 28.0 Å². The Hall–Kier alpha value is -1.28. The molecule has 0 unspecified atom stereocenters. The molecule has 0 aliphatic heterocycles. The SMILES string of the molecule is COc1cc(B(O)O)cc(C(F)(F)F)n1. The van der Waals surface area contributed by atoms with Crippen LogP contribution in [-0.4, -0.2) is 29.3 Å². The van der Waals surface area contributed by atoms with Crippen LogP contribution >= 0.6 is 0 Å². The molecule has 1 aromatic rings. The number of halogens is 3. The highest BCUT2D eigenvalue weighted by Crippen LogP contribution is 2.28. The molecule has 0 saturated heterocycles. The van der Waals surface area contributed by atoms with E-state index in [0.717, 1.165) is 13.2 Å². The highest BCUT2D eigenvalue weighted by atomic mass is 19.4. The number of methoxy groups -OCH3 is 1. The molecule has 0 spiro atoms. The maximum Gasteiger partial charge on any atom is 0.488 e. The molecular weight excluding hydrogens is 214 g/mol. The molecule has 0 bridgehead atoms. The average Bonchev–Trinajstić information content (AvgIpc) is 2.15. The van der Waals surface area contributed by atoms with Crippen LogP contribution < -0.4 is 10.2 Å². The predicted octanol–water partition coefficient (Wildman–Crippen LogP) is -0.211. The molecule has 0 atom stereocenters. The Labute approximate surface area is 83.5 Å². The van der Waals surface area contributed by atoms with Crippen LogP contribution in [0.1, 0.15) is 5.69 Å². The number of hydrogen-bond donors (Lipinski definition) is 2. The van der Waals surface area contributed by atoms with Crippen LogP contribution in [0.4, 0.5) is 13.2 Å². The number of aromatic nitrogens is 1. The van der Waals surface area contributed by atoms with Crippen LogP contribution in [0.15, 0.2) is 12.1 Å². The first-order valence-electron chi connectivity index (χ1n) is 3.84. The lowest BCUT2D eigenvalue weighted by atomic mass is 9.80. The van der Waals surface area contributed by atoms with E-state index in [1.54, 1.807) is 0 Å². The summed E-state index contributed by atoms with van der Waals surface area (Å²) in [5.41, 5.74) is -1.56. The van der Waals surface area contributed by atoms with E-state index in [9.17, 15) is 13.2 Å². The van der Waals surface area contributed by atoms with Gasteiger partial charge in [0.25, 0.3) is 0 Å². The molecule has 0 radical (unpaired) electrons. The van der Waals surface area contributed by atoms with Gasteiger partial charge in [0.05, 0.1) is 7.11 Å². The summed E-state index contributed by atoms with van der Waals surface area (Å²) in [7, 11) is -0.862. The quantitative estimate of drug-likeness (QED) is 0.678. The fraction of sp³-hybridized carbons (Fsp3) is 0.286. The van der Waals surface area contributed by atoms with Gasteiger partial charge in [-0.25, -0.2) is 4.98 Å².